The number of aromatic nitrogens is 1. The van der Waals surface area contributed by atoms with E-state index in [2.05, 4.69) is 4.99 Å². The number of amides is 1. The number of hydrogen-bond acceptors (Lipinski definition) is 4. The second kappa shape index (κ2) is 5.01. The van der Waals surface area contributed by atoms with E-state index in [0.717, 1.165) is 0 Å². The molecule has 0 atom stereocenters. The van der Waals surface area contributed by atoms with Gasteiger partial charge in [-0.3, -0.25) is 14.9 Å². The Balaban J connectivity index is 2.21. The van der Waals surface area contributed by atoms with Gasteiger partial charge in [0.2, 0.25) is 0 Å². The fraction of sp³-hybridized carbons (Fsp3) is 0.111. The smallest absolute Gasteiger partial charge is 0.279 e. The summed E-state index contributed by atoms with van der Waals surface area (Å²) in [4.78, 5) is 27.2. The van der Waals surface area contributed by atoms with Gasteiger partial charge in [-0.25, -0.2) is 4.99 Å². The monoisotopic (exact) mass is 335 g/mol. The first-order valence-corrected chi connectivity index (χ1v) is 7.59. The molecule has 0 fully saturated rings. The van der Waals surface area contributed by atoms with Gasteiger partial charge >= 0.3 is 0 Å². The molecule has 1 aliphatic rings. The van der Waals surface area contributed by atoms with Crippen LogP contribution in [0.1, 0.15) is 11.1 Å². The lowest BCUT2D eigenvalue weighted by molar-refractivity contribution is -0.384. The van der Waals surface area contributed by atoms with Gasteiger partial charge in [0, 0.05) is 29.8 Å². The maximum absolute atomic E-state index is 12.5. The second-order valence-corrected chi connectivity index (χ2v) is 5.98. The number of aromatic hydroxyl groups is 1. The van der Waals surface area contributed by atoms with Gasteiger partial charge in [0.1, 0.15) is 0 Å². The summed E-state index contributed by atoms with van der Waals surface area (Å²) in [6, 6.07) is 9.86. The first kappa shape index (κ1) is 15.1. The highest BCUT2D eigenvalue weighted by Crippen LogP contribution is 2.38. The van der Waals surface area contributed by atoms with Crippen molar-refractivity contribution >= 4 is 28.1 Å². The number of carbonyl (C=O) groups is 1. The quantitative estimate of drug-likeness (QED) is 0.566. The van der Waals surface area contributed by atoms with Crippen LogP contribution in [0.15, 0.2) is 41.4 Å². The summed E-state index contributed by atoms with van der Waals surface area (Å²) < 4.78 is 1.53. The van der Waals surface area contributed by atoms with E-state index in [1.165, 1.54) is 16.7 Å². The number of aryl methyl sites for hydroxylation is 2. The Hall–Kier alpha value is -3.48. The molecule has 7 nitrogen and oxygen atoms in total. The van der Waals surface area contributed by atoms with Crippen molar-refractivity contribution in [2.75, 3.05) is 0 Å². The Labute approximate surface area is 141 Å². The Kier molecular flexibility index (Phi) is 3.02. The van der Waals surface area contributed by atoms with Crippen LogP contribution in [-0.4, -0.2) is 20.5 Å². The molecule has 0 spiro atoms. The van der Waals surface area contributed by atoms with Gasteiger partial charge in [0.25, 0.3) is 11.6 Å². The number of fused-ring (bicyclic) bond motifs is 2. The molecule has 1 N–H and O–H groups in total. The van der Waals surface area contributed by atoms with E-state index >= 15 is 0 Å². The molecule has 1 aliphatic heterocycles. The van der Waals surface area contributed by atoms with Gasteiger partial charge in [-0.2, -0.15) is 0 Å². The zero-order chi connectivity index (χ0) is 17.9. The minimum atomic E-state index is -0.486. The molecule has 0 saturated carbocycles. The van der Waals surface area contributed by atoms with Gasteiger partial charge in [-0.05, 0) is 18.6 Å². The average molecular weight is 335 g/mol. The van der Waals surface area contributed by atoms with Crippen LogP contribution < -0.4 is 10.6 Å². The highest BCUT2D eigenvalue weighted by molar-refractivity contribution is 6.25. The maximum atomic E-state index is 12.5. The Morgan fingerprint density at radius 1 is 1.24 bits per heavy atom. The van der Waals surface area contributed by atoms with Gasteiger partial charge in [-0.15, -0.1) is 0 Å². The lowest BCUT2D eigenvalue weighted by Crippen LogP contribution is -2.22. The van der Waals surface area contributed by atoms with E-state index in [9.17, 15) is 20.0 Å². The van der Waals surface area contributed by atoms with Gasteiger partial charge in [0.05, 0.1) is 26.9 Å². The Bertz CT molecular complexity index is 1220. The zero-order valence-electron chi connectivity index (χ0n) is 13.5. The van der Waals surface area contributed by atoms with E-state index in [4.69, 9.17) is 0 Å². The summed E-state index contributed by atoms with van der Waals surface area (Å²) in [5.74, 6) is -0.581. The van der Waals surface area contributed by atoms with Crippen molar-refractivity contribution in [2.45, 2.75) is 6.92 Å². The van der Waals surface area contributed by atoms with Crippen LogP contribution in [0.25, 0.3) is 16.5 Å². The molecular formula is C18H13N3O4. The molecule has 2 heterocycles. The summed E-state index contributed by atoms with van der Waals surface area (Å²) in [6.45, 7) is 1.73. The molecule has 0 aliphatic carbocycles. The molecule has 3 aromatic rings. The first-order valence-electron chi connectivity index (χ1n) is 7.59. The SMILES string of the molecule is Cc1cc([N+](=O)[O-])cc2c(C3=c4ccccc4=NC3=O)c(O)n(C)c12. The molecule has 0 unspecified atom stereocenters. The number of non-ortho nitro benzene ring substituents is 1. The molecule has 7 heteroatoms. The predicted molar refractivity (Wildman–Crippen MR) is 90.7 cm³/mol. The van der Waals surface area contributed by atoms with Crippen molar-refractivity contribution in [2.24, 2.45) is 12.0 Å². The highest BCUT2D eigenvalue weighted by Gasteiger charge is 2.28. The lowest BCUT2D eigenvalue weighted by Gasteiger charge is -2.01. The van der Waals surface area contributed by atoms with E-state index in [1.54, 1.807) is 38.2 Å². The van der Waals surface area contributed by atoms with E-state index in [-0.39, 0.29) is 22.7 Å². The fourth-order valence-electron chi connectivity index (χ4n) is 3.45. The molecule has 1 amide bonds. The third-order valence-corrected chi connectivity index (χ3v) is 4.50. The van der Waals surface area contributed by atoms with Crippen LogP contribution in [0.4, 0.5) is 5.69 Å². The minimum Gasteiger partial charge on any atom is -0.494 e. The molecule has 0 saturated heterocycles. The normalized spacial score (nSPS) is 13.2. The van der Waals surface area contributed by atoms with Crippen molar-refractivity contribution in [1.29, 1.82) is 0 Å². The van der Waals surface area contributed by atoms with Crippen molar-refractivity contribution in [3.05, 3.63) is 68.2 Å². The summed E-state index contributed by atoms with van der Waals surface area (Å²) in [7, 11) is 1.66. The molecule has 1 aromatic heterocycles. The summed E-state index contributed by atoms with van der Waals surface area (Å²) >= 11 is 0. The number of nitro groups is 1. The van der Waals surface area contributed by atoms with Crippen LogP contribution in [0.5, 0.6) is 5.88 Å². The van der Waals surface area contributed by atoms with Crippen LogP contribution in [-0.2, 0) is 11.8 Å². The number of nitro benzene ring substituents is 1. The second-order valence-electron chi connectivity index (χ2n) is 5.98. The summed E-state index contributed by atoms with van der Waals surface area (Å²) in [5, 5.41) is 23.5. The van der Waals surface area contributed by atoms with Crippen molar-refractivity contribution in [1.82, 2.24) is 4.57 Å². The first-order chi connectivity index (χ1) is 11.9. The zero-order valence-corrected chi connectivity index (χ0v) is 13.5. The van der Waals surface area contributed by atoms with Crippen LogP contribution >= 0.6 is 0 Å². The number of hydrogen-bond donors (Lipinski definition) is 1. The Morgan fingerprint density at radius 3 is 2.68 bits per heavy atom. The average Bonchev–Trinajstić information content (AvgIpc) is 3.02. The van der Waals surface area contributed by atoms with Crippen molar-refractivity contribution in [3.63, 3.8) is 0 Å². The fourth-order valence-corrected chi connectivity index (χ4v) is 3.45. The molecule has 124 valence electrons. The van der Waals surface area contributed by atoms with Gasteiger partial charge in [-0.1, -0.05) is 18.2 Å². The van der Waals surface area contributed by atoms with Crippen LogP contribution in [0.3, 0.4) is 0 Å². The predicted octanol–water partition coefficient (Wildman–Crippen LogP) is 1.46. The molecule has 2 aromatic carbocycles. The molecule has 4 rings (SSSR count). The van der Waals surface area contributed by atoms with E-state index in [0.29, 0.717) is 27.0 Å². The Morgan fingerprint density at radius 2 is 1.96 bits per heavy atom. The maximum Gasteiger partial charge on any atom is 0.279 e. The third-order valence-electron chi connectivity index (χ3n) is 4.50. The molecule has 0 bridgehead atoms. The number of rotatable bonds is 2. The minimum absolute atomic E-state index is 0.0897. The van der Waals surface area contributed by atoms with E-state index in [1.807, 2.05) is 0 Å². The third kappa shape index (κ3) is 1.99. The largest absolute Gasteiger partial charge is 0.494 e. The molecular weight excluding hydrogens is 322 g/mol. The van der Waals surface area contributed by atoms with E-state index < -0.39 is 10.8 Å². The topological polar surface area (TPSA) is 97.7 Å². The standard InChI is InChI=1S/C18H13N3O4/c1-9-7-10(21(24)25)8-12-15(18(23)20(2)16(9)12)14-11-5-3-4-6-13(11)19-17(14)22/h3-8,23H,1-2H3. The number of para-hydroxylation sites is 1. The molecule has 0 radical (unpaired) electrons. The number of carbonyl (C=O) groups excluding carboxylic acids is 1. The molecule has 25 heavy (non-hydrogen) atoms. The number of benzene rings is 2. The van der Waals surface area contributed by atoms with Crippen LogP contribution in [0, 0.1) is 17.0 Å². The summed E-state index contributed by atoms with van der Waals surface area (Å²) in [5.41, 5.74) is 1.74. The number of nitrogens with zero attached hydrogens (tertiary/aromatic N) is 3. The van der Waals surface area contributed by atoms with Gasteiger partial charge in [0.15, 0.2) is 5.88 Å². The van der Waals surface area contributed by atoms with Crippen molar-refractivity contribution in [3.8, 4) is 5.88 Å². The van der Waals surface area contributed by atoms with Crippen LogP contribution in [0.2, 0.25) is 0 Å². The summed E-state index contributed by atoms with van der Waals surface area (Å²) in [6.07, 6.45) is 0. The highest BCUT2D eigenvalue weighted by atomic mass is 16.6. The van der Waals surface area contributed by atoms with Crippen molar-refractivity contribution < 1.29 is 14.8 Å². The lowest BCUT2D eigenvalue weighted by atomic mass is 10.0. The van der Waals surface area contributed by atoms with Gasteiger partial charge < -0.3 is 9.67 Å².